The zero-order valence-corrected chi connectivity index (χ0v) is 66.2. The van der Waals surface area contributed by atoms with Crippen molar-refractivity contribution in [1.82, 2.24) is 63.1 Å². The Hall–Kier alpha value is -9.27. The minimum atomic E-state index is -1.76. The van der Waals surface area contributed by atoms with Crippen LogP contribution in [0, 0.1) is 0 Å². The number of ether oxygens (including phenoxy) is 2. The molecule has 624 valence electrons. The van der Waals surface area contributed by atoms with Crippen LogP contribution in [0.25, 0.3) is 10.9 Å². The van der Waals surface area contributed by atoms with Gasteiger partial charge in [-0.1, -0.05) is 165 Å². The summed E-state index contributed by atoms with van der Waals surface area (Å²) >= 11 is 0. The number of nitrogens with one attached hydrogen (secondary N) is 11. The van der Waals surface area contributed by atoms with Crippen LogP contribution in [0.2, 0.25) is 0 Å². The minimum absolute atomic E-state index is 0.00386. The van der Waals surface area contributed by atoms with Crippen LogP contribution in [0.5, 0.6) is 0 Å². The van der Waals surface area contributed by atoms with E-state index >= 15 is 4.79 Å². The Morgan fingerprint density at radius 1 is 0.616 bits per heavy atom. The maximum atomic E-state index is 15.1. The largest absolute Gasteiger partial charge is 0.391 e. The molecule has 12 amide bonds. The van der Waals surface area contributed by atoms with Gasteiger partial charge >= 0.3 is 0 Å². The Bertz CT molecular complexity index is 3430. The van der Waals surface area contributed by atoms with Gasteiger partial charge in [-0.2, -0.15) is 0 Å². The Morgan fingerprint density at radius 3 is 1.80 bits per heavy atom. The van der Waals surface area contributed by atoms with E-state index in [1.165, 1.54) is 84.0 Å². The number of fused-ring (bicyclic) bond motifs is 2. The van der Waals surface area contributed by atoms with Crippen molar-refractivity contribution in [3.63, 3.8) is 0 Å². The number of aliphatic imine (C=N–C) groups is 1. The molecule has 2 fully saturated rings. The van der Waals surface area contributed by atoms with Crippen molar-refractivity contribution in [2.24, 2.45) is 27.9 Å². The maximum absolute atomic E-state index is 15.1. The first-order valence-corrected chi connectivity index (χ1v) is 40.7. The Morgan fingerprint density at radius 2 is 1.18 bits per heavy atom. The number of hydrogen-bond acceptors (Lipinski definition) is 17. The molecule has 0 bridgehead atoms. The van der Waals surface area contributed by atoms with Gasteiger partial charge in [0, 0.05) is 94.4 Å². The molecule has 0 aliphatic carbocycles. The second-order valence-electron chi connectivity index (χ2n) is 29.4. The summed E-state index contributed by atoms with van der Waals surface area (Å²) in [6.07, 6.45) is 19.8. The lowest BCUT2D eigenvalue weighted by atomic mass is 10.0. The standard InChI is InChI=1S/C80H129N17O15/c1-4-6-8-9-10-11-12-13-14-15-16-17-18-19-23-37-67(99)86-42-44-111-46-47-112-45-43-87-68(100)38-28-39-69(101)96-71(54(3)81)78(109)92-61(33-7-5-2)74(105)95-65-51-70(102)85-40-27-26-35-60(72(82)103)90-76(107)64(49-56-52-89-59-34-25-24-32-58(56)59)93-73(104)62(36-29-41-88-80(83)84)91-75(106)63(48-55-30-21-20-22-31-55)94-77(108)66-50-57(98)53-97(66)79(65)110/h20-22,24-25,30-32,34,52,54,57,60-66,71,89,98H,4-19,23,26-29,33,35-51,53,81H2,1-3H3,(H2,82,103)(H,85,102)(H,86,99)(H,87,100)(H,90,107)(H,91,106)(H,92,109)(H,93,104)(H,94,108)(H,95,105)(H,96,101)(H4,83,84,88)/t54?,57-,60-,61-,62-,63+,64-,65-,66-,71-/m0/s1. The van der Waals surface area contributed by atoms with Crippen molar-refractivity contribution in [3.05, 3.63) is 71.9 Å². The molecule has 0 radical (unpaired) electrons. The lowest BCUT2D eigenvalue weighted by molar-refractivity contribution is -0.143. The predicted molar refractivity (Wildman–Crippen MR) is 427 cm³/mol. The molecule has 5 rings (SSSR count). The number of aromatic nitrogens is 1. The second-order valence-corrected chi connectivity index (χ2v) is 29.4. The molecule has 10 atom stereocenters. The summed E-state index contributed by atoms with van der Waals surface area (Å²) in [6.45, 7) is 6.82. The topological polar surface area (TPSA) is 499 Å². The van der Waals surface area contributed by atoms with Gasteiger partial charge in [-0.15, -0.1) is 0 Å². The molecule has 0 spiro atoms. The fourth-order valence-electron chi connectivity index (χ4n) is 13.6. The van der Waals surface area contributed by atoms with Gasteiger partial charge < -0.3 is 101 Å². The molecule has 1 unspecified atom stereocenters. The van der Waals surface area contributed by atoms with Crippen LogP contribution in [-0.2, 0) is 79.8 Å². The Labute approximate surface area is 659 Å². The molecule has 0 saturated carbocycles. The third-order valence-corrected chi connectivity index (χ3v) is 19.9. The first-order chi connectivity index (χ1) is 54.0. The van der Waals surface area contributed by atoms with Gasteiger partial charge in [0.2, 0.25) is 70.9 Å². The van der Waals surface area contributed by atoms with Gasteiger partial charge in [0.25, 0.3) is 0 Å². The van der Waals surface area contributed by atoms with Gasteiger partial charge in [-0.25, -0.2) is 0 Å². The summed E-state index contributed by atoms with van der Waals surface area (Å²) in [5, 5.41) is 39.2. The number of primary amides is 1. The normalized spacial score (nSPS) is 19.8. The summed E-state index contributed by atoms with van der Waals surface area (Å²) in [5.74, 6) is -8.98. The molecule has 2 saturated heterocycles. The summed E-state index contributed by atoms with van der Waals surface area (Å²) in [4.78, 5) is 177. The molecule has 3 aromatic rings. The molecule has 32 nitrogen and oxygen atoms in total. The van der Waals surface area contributed by atoms with Crippen molar-refractivity contribution >= 4 is 87.7 Å². The van der Waals surface area contributed by atoms with Crippen molar-refractivity contribution in [3.8, 4) is 0 Å². The van der Waals surface area contributed by atoms with Gasteiger partial charge in [-0.3, -0.25) is 62.5 Å². The molecule has 112 heavy (non-hydrogen) atoms. The summed E-state index contributed by atoms with van der Waals surface area (Å²) in [5.41, 5.74) is 25.3. The molecule has 2 aliphatic heterocycles. The lowest BCUT2D eigenvalue weighted by Crippen LogP contribution is -2.61. The van der Waals surface area contributed by atoms with E-state index in [9.17, 15) is 57.8 Å². The Balaban J connectivity index is 1.18. The second kappa shape index (κ2) is 53.6. The third-order valence-electron chi connectivity index (χ3n) is 19.9. The minimum Gasteiger partial charge on any atom is -0.391 e. The number of aromatic amines is 1. The molecule has 20 N–H and O–H groups in total. The van der Waals surface area contributed by atoms with Gasteiger partial charge in [0.05, 0.1) is 39.0 Å². The van der Waals surface area contributed by atoms with Crippen molar-refractivity contribution < 1.29 is 72.1 Å². The van der Waals surface area contributed by atoms with Crippen molar-refractivity contribution in [2.45, 2.75) is 280 Å². The molecular weight excluding hydrogens is 1440 g/mol. The number of nitrogens with zero attached hydrogens (tertiary/aromatic N) is 2. The van der Waals surface area contributed by atoms with E-state index in [0.717, 1.165) is 35.1 Å². The number of para-hydroxylation sites is 1. The number of rotatable bonds is 47. The first-order valence-electron chi connectivity index (χ1n) is 40.7. The smallest absolute Gasteiger partial charge is 0.246 e. The number of unbranched alkanes of at least 4 members (excludes halogenated alkanes) is 15. The molecule has 32 heteroatoms. The van der Waals surface area contributed by atoms with Crippen LogP contribution in [0.3, 0.4) is 0 Å². The van der Waals surface area contributed by atoms with Crippen LogP contribution in [0.1, 0.15) is 218 Å². The average molecular weight is 1570 g/mol. The van der Waals surface area contributed by atoms with Gasteiger partial charge in [0.1, 0.15) is 48.3 Å². The fourth-order valence-corrected chi connectivity index (χ4v) is 13.6. The molecule has 2 aromatic carbocycles. The highest BCUT2D eigenvalue weighted by atomic mass is 16.5. The van der Waals surface area contributed by atoms with Crippen LogP contribution in [-0.4, -0.2) is 211 Å². The average Bonchev–Trinajstić information content (AvgIpc) is 1.65. The SMILES string of the molecule is CCCCCCCCCCCCCCCCCC(=O)NCCOCCOCCNC(=O)CCCC(=O)N[C@H](C(=O)N[C@@H](CCCC)C(=O)N[C@H]1CC(=O)NCCCC[C@@H](C(N)=O)NC(=O)[C@H](Cc2c[nH]c3ccccc23)NC(=O)[C@H](CCCN=C(N)N)NC(=O)[C@@H](Cc2ccccc2)NC(=O)[C@@H]2C[C@H](O)CN2C1=O)C(C)N. The number of aliphatic hydroxyl groups is 1. The highest BCUT2D eigenvalue weighted by Gasteiger charge is 2.44. The number of guanidine groups is 1. The quantitative estimate of drug-likeness (QED) is 0.0220. The van der Waals surface area contributed by atoms with E-state index in [4.69, 9.17) is 32.4 Å². The third kappa shape index (κ3) is 36.5. The number of carbonyl (C=O) groups excluding carboxylic acids is 12. The van der Waals surface area contributed by atoms with Crippen LogP contribution >= 0.6 is 0 Å². The van der Waals surface area contributed by atoms with Crippen LogP contribution < -0.4 is 76.1 Å². The zero-order valence-electron chi connectivity index (χ0n) is 66.2. The summed E-state index contributed by atoms with van der Waals surface area (Å²) < 4.78 is 11.2. The van der Waals surface area contributed by atoms with E-state index in [0.29, 0.717) is 50.1 Å². The van der Waals surface area contributed by atoms with Gasteiger partial charge in [-0.05, 0) is 75.5 Å². The molecule has 3 heterocycles. The fraction of sp³-hybridized carbons (Fsp3) is 0.662. The molecule has 1 aromatic heterocycles. The number of amides is 12. The zero-order chi connectivity index (χ0) is 81.4. The summed E-state index contributed by atoms with van der Waals surface area (Å²) in [6, 6.07) is 3.26. The molecular formula is C80H129N17O15. The van der Waals surface area contributed by atoms with Crippen LogP contribution in [0.4, 0.5) is 0 Å². The van der Waals surface area contributed by atoms with Crippen LogP contribution in [0.15, 0.2) is 65.8 Å². The van der Waals surface area contributed by atoms with E-state index in [1.807, 2.05) is 25.1 Å². The van der Waals surface area contributed by atoms with Crippen molar-refractivity contribution in [1.29, 1.82) is 0 Å². The highest BCUT2D eigenvalue weighted by Crippen LogP contribution is 2.24. The number of aliphatic hydroxyl groups excluding tert-OH is 1. The van der Waals surface area contributed by atoms with E-state index in [2.05, 4.69) is 70.1 Å². The maximum Gasteiger partial charge on any atom is 0.246 e. The Kier molecular flexibility index (Phi) is 44.7. The van der Waals surface area contributed by atoms with E-state index < -0.39 is 133 Å². The molecule has 2 aliphatic rings. The van der Waals surface area contributed by atoms with E-state index in [-0.39, 0.29) is 128 Å². The monoisotopic (exact) mass is 1570 g/mol. The van der Waals surface area contributed by atoms with Gasteiger partial charge in [0.15, 0.2) is 5.96 Å². The lowest BCUT2D eigenvalue weighted by Gasteiger charge is -2.31. The number of benzene rings is 2. The van der Waals surface area contributed by atoms with Crippen molar-refractivity contribution in [2.75, 3.05) is 59.2 Å². The number of nitrogens with two attached hydrogens (primary N) is 4. The summed E-state index contributed by atoms with van der Waals surface area (Å²) in [7, 11) is 0. The predicted octanol–water partition coefficient (Wildman–Crippen LogP) is 2.77. The van der Waals surface area contributed by atoms with E-state index in [1.54, 1.807) is 42.6 Å². The highest BCUT2D eigenvalue weighted by molar-refractivity contribution is 6.00. The number of H-pyrrole nitrogens is 1. The number of hydrogen-bond donors (Lipinski definition) is 16. The number of carbonyl (C=O) groups is 12. The first kappa shape index (κ1) is 93.3.